The minimum Gasteiger partial charge on any atom is -0.504 e. The van der Waals surface area contributed by atoms with E-state index in [4.69, 9.17) is 9.47 Å². The number of aromatic nitrogens is 5. The molecule has 10 heteroatoms. The number of hydrogen-bond acceptors (Lipinski definition) is 8. The molecule has 0 aliphatic carbocycles. The molecule has 0 bridgehead atoms. The fourth-order valence-electron chi connectivity index (χ4n) is 2.72. The Balaban J connectivity index is 1.73. The molecule has 2 N–H and O–H groups in total. The molecule has 0 spiro atoms. The average Bonchev–Trinajstić information content (AvgIpc) is 3.13. The maximum absolute atomic E-state index is 10.2. The van der Waals surface area contributed by atoms with Gasteiger partial charge in [0.2, 0.25) is 5.75 Å². The minimum atomic E-state index is -0.0583. The molecule has 0 unspecified atom stereocenters. The molecule has 0 aliphatic heterocycles. The van der Waals surface area contributed by atoms with E-state index < -0.39 is 0 Å². The fourth-order valence-corrected chi connectivity index (χ4v) is 3.01. The van der Waals surface area contributed by atoms with Gasteiger partial charge in [0.25, 0.3) is 5.95 Å². The van der Waals surface area contributed by atoms with E-state index in [1.165, 1.54) is 20.3 Å². The maximum atomic E-state index is 10.2. The number of rotatable bonds is 5. The summed E-state index contributed by atoms with van der Waals surface area (Å²) in [5.74, 6) is 1.42. The van der Waals surface area contributed by atoms with Gasteiger partial charge in [0.1, 0.15) is 11.3 Å². The van der Waals surface area contributed by atoms with Gasteiger partial charge in [0.15, 0.2) is 11.5 Å². The Kier molecular flexibility index (Phi) is 4.70. The standard InChI is InChI=1S/C18H15BrN6O3/c1-27-15-8-10(7-14(26)16(15)28-2)21-17-11(19)9-20-18(22-17)25-13-6-4-3-5-12(13)23-24-25/h3-9,26H,1-2H3,(H,20,21,22). The molecule has 0 radical (unpaired) electrons. The lowest BCUT2D eigenvalue weighted by molar-refractivity contribution is 0.333. The van der Waals surface area contributed by atoms with Crippen LogP contribution in [0.15, 0.2) is 47.1 Å². The van der Waals surface area contributed by atoms with Gasteiger partial charge < -0.3 is 19.9 Å². The van der Waals surface area contributed by atoms with Crippen molar-refractivity contribution < 1.29 is 14.6 Å². The Labute approximate surface area is 168 Å². The van der Waals surface area contributed by atoms with Gasteiger partial charge in [0, 0.05) is 24.0 Å². The average molecular weight is 443 g/mol. The molecular weight excluding hydrogens is 428 g/mol. The summed E-state index contributed by atoms with van der Waals surface area (Å²) in [5, 5.41) is 21.5. The third-order valence-corrected chi connectivity index (χ3v) is 4.57. The van der Waals surface area contributed by atoms with Crippen LogP contribution in [0, 0.1) is 0 Å². The number of aromatic hydroxyl groups is 1. The second-order valence-electron chi connectivity index (χ2n) is 5.71. The van der Waals surface area contributed by atoms with E-state index in [0.29, 0.717) is 27.7 Å². The Morgan fingerprint density at radius 1 is 1.14 bits per heavy atom. The van der Waals surface area contributed by atoms with Crippen molar-refractivity contribution in [2.24, 2.45) is 0 Å². The molecule has 0 aliphatic rings. The lowest BCUT2D eigenvalue weighted by atomic mass is 10.2. The highest BCUT2D eigenvalue weighted by Crippen LogP contribution is 2.40. The molecule has 0 fully saturated rings. The summed E-state index contributed by atoms with van der Waals surface area (Å²) in [7, 11) is 2.95. The van der Waals surface area contributed by atoms with Crippen LogP contribution in [0.4, 0.5) is 11.5 Å². The summed E-state index contributed by atoms with van der Waals surface area (Å²) < 4.78 is 12.6. The number of phenols is 1. The van der Waals surface area contributed by atoms with Gasteiger partial charge in [0.05, 0.1) is 24.2 Å². The van der Waals surface area contributed by atoms with Crippen LogP contribution in [0.1, 0.15) is 0 Å². The number of fused-ring (bicyclic) bond motifs is 1. The van der Waals surface area contributed by atoms with E-state index in [2.05, 4.69) is 41.5 Å². The zero-order chi connectivity index (χ0) is 19.7. The van der Waals surface area contributed by atoms with Crippen molar-refractivity contribution in [1.29, 1.82) is 0 Å². The molecule has 2 heterocycles. The van der Waals surface area contributed by atoms with Crippen LogP contribution in [0.25, 0.3) is 17.0 Å². The SMILES string of the molecule is COc1cc(Nc2nc(-n3nnc4ccccc43)ncc2Br)cc(O)c1OC. The van der Waals surface area contributed by atoms with Crippen molar-refractivity contribution in [3.8, 4) is 23.2 Å². The van der Waals surface area contributed by atoms with Gasteiger partial charge in [-0.25, -0.2) is 4.98 Å². The topological polar surface area (TPSA) is 107 Å². The molecule has 0 saturated carbocycles. The van der Waals surface area contributed by atoms with Gasteiger partial charge in [-0.2, -0.15) is 9.67 Å². The van der Waals surface area contributed by atoms with Crippen LogP contribution >= 0.6 is 15.9 Å². The van der Waals surface area contributed by atoms with Crippen molar-refractivity contribution in [2.75, 3.05) is 19.5 Å². The first kappa shape index (κ1) is 18.0. The highest BCUT2D eigenvalue weighted by atomic mass is 79.9. The lowest BCUT2D eigenvalue weighted by Gasteiger charge is -2.13. The molecule has 28 heavy (non-hydrogen) atoms. The number of nitrogens with zero attached hydrogens (tertiary/aromatic N) is 5. The Hall–Kier alpha value is -3.40. The molecule has 142 valence electrons. The van der Waals surface area contributed by atoms with Crippen LogP contribution in [-0.2, 0) is 0 Å². The molecule has 4 rings (SSSR count). The van der Waals surface area contributed by atoms with E-state index in [-0.39, 0.29) is 11.5 Å². The summed E-state index contributed by atoms with van der Waals surface area (Å²) >= 11 is 3.43. The summed E-state index contributed by atoms with van der Waals surface area (Å²) in [4.78, 5) is 8.85. The smallest absolute Gasteiger partial charge is 0.254 e. The molecule has 0 amide bonds. The maximum Gasteiger partial charge on any atom is 0.254 e. The number of ether oxygens (including phenoxy) is 2. The number of phenolic OH excluding ortho intramolecular Hbond substituents is 1. The highest BCUT2D eigenvalue weighted by molar-refractivity contribution is 9.10. The van der Waals surface area contributed by atoms with E-state index >= 15 is 0 Å². The Morgan fingerprint density at radius 3 is 2.75 bits per heavy atom. The van der Waals surface area contributed by atoms with Gasteiger partial charge in [-0.1, -0.05) is 17.3 Å². The second-order valence-corrected chi connectivity index (χ2v) is 6.57. The summed E-state index contributed by atoms with van der Waals surface area (Å²) in [5.41, 5.74) is 2.09. The number of anilines is 2. The second kappa shape index (κ2) is 7.31. The minimum absolute atomic E-state index is 0.0583. The van der Waals surface area contributed by atoms with Crippen molar-refractivity contribution >= 4 is 38.5 Å². The first-order chi connectivity index (χ1) is 13.6. The van der Waals surface area contributed by atoms with Crippen LogP contribution in [0.3, 0.4) is 0 Å². The van der Waals surface area contributed by atoms with Crippen LogP contribution in [0.5, 0.6) is 17.2 Å². The molecule has 2 aromatic carbocycles. The van der Waals surface area contributed by atoms with Crippen LogP contribution in [0.2, 0.25) is 0 Å². The zero-order valence-electron chi connectivity index (χ0n) is 14.9. The Morgan fingerprint density at radius 2 is 1.96 bits per heavy atom. The monoisotopic (exact) mass is 442 g/mol. The highest BCUT2D eigenvalue weighted by Gasteiger charge is 2.15. The van der Waals surface area contributed by atoms with Gasteiger partial charge in [-0.05, 0) is 28.1 Å². The van der Waals surface area contributed by atoms with E-state index in [1.54, 1.807) is 16.9 Å². The quantitative estimate of drug-likeness (QED) is 0.483. The largest absolute Gasteiger partial charge is 0.504 e. The fraction of sp³-hybridized carbons (Fsp3) is 0.111. The molecule has 2 aromatic heterocycles. The predicted molar refractivity (Wildman–Crippen MR) is 107 cm³/mol. The Bertz CT molecular complexity index is 1160. The van der Waals surface area contributed by atoms with Crippen molar-refractivity contribution in [2.45, 2.75) is 0 Å². The number of nitrogens with one attached hydrogen (secondary N) is 1. The first-order valence-corrected chi connectivity index (χ1v) is 8.95. The van der Waals surface area contributed by atoms with E-state index in [1.807, 2.05) is 24.3 Å². The zero-order valence-corrected chi connectivity index (χ0v) is 16.5. The summed E-state index contributed by atoms with van der Waals surface area (Å²) in [6.45, 7) is 0. The number of methoxy groups -OCH3 is 2. The lowest BCUT2D eigenvalue weighted by Crippen LogP contribution is -2.06. The van der Waals surface area contributed by atoms with Crippen molar-refractivity contribution in [3.05, 3.63) is 47.1 Å². The van der Waals surface area contributed by atoms with Gasteiger partial charge >= 0.3 is 0 Å². The predicted octanol–water partition coefficient (Wildman–Crippen LogP) is 3.44. The third-order valence-electron chi connectivity index (χ3n) is 3.99. The summed E-state index contributed by atoms with van der Waals surface area (Å²) in [6.07, 6.45) is 1.61. The number of benzene rings is 2. The van der Waals surface area contributed by atoms with Gasteiger partial charge in [-0.15, -0.1) is 5.10 Å². The molecule has 0 atom stereocenters. The first-order valence-electron chi connectivity index (χ1n) is 8.16. The van der Waals surface area contributed by atoms with Crippen LogP contribution in [-0.4, -0.2) is 44.3 Å². The van der Waals surface area contributed by atoms with Gasteiger partial charge in [-0.3, -0.25) is 0 Å². The normalized spacial score (nSPS) is 10.8. The summed E-state index contributed by atoms with van der Waals surface area (Å²) in [6, 6.07) is 10.7. The molecule has 4 aromatic rings. The molecular formula is C18H15BrN6O3. The molecule has 0 saturated heterocycles. The number of para-hydroxylation sites is 1. The van der Waals surface area contributed by atoms with Crippen molar-refractivity contribution in [3.63, 3.8) is 0 Å². The van der Waals surface area contributed by atoms with Crippen molar-refractivity contribution in [1.82, 2.24) is 25.0 Å². The van der Waals surface area contributed by atoms with E-state index in [9.17, 15) is 5.11 Å². The molecule has 9 nitrogen and oxygen atoms in total. The van der Waals surface area contributed by atoms with E-state index in [0.717, 1.165) is 11.0 Å². The number of hydrogen-bond donors (Lipinski definition) is 2. The van der Waals surface area contributed by atoms with Crippen LogP contribution < -0.4 is 14.8 Å². The third kappa shape index (κ3) is 3.18. The number of halogens is 1.